The van der Waals surface area contributed by atoms with E-state index in [-0.39, 0.29) is 11.7 Å². The second kappa shape index (κ2) is 7.82. The number of amides is 1. The van der Waals surface area contributed by atoms with Crippen molar-refractivity contribution in [3.63, 3.8) is 0 Å². The van der Waals surface area contributed by atoms with Crippen LogP contribution in [0.5, 0.6) is 5.75 Å². The summed E-state index contributed by atoms with van der Waals surface area (Å²) < 4.78 is 7.08. The Morgan fingerprint density at radius 3 is 2.87 bits per heavy atom. The summed E-state index contributed by atoms with van der Waals surface area (Å²) >= 11 is 1.35. The van der Waals surface area contributed by atoms with Crippen molar-refractivity contribution in [1.29, 1.82) is 0 Å². The van der Waals surface area contributed by atoms with E-state index in [0.717, 1.165) is 22.8 Å². The molecule has 122 valence electrons. The predicted octanol–water partition coefficient (Wildman–Crippen LogP) is 2.82. The summed E-state index contributed by atoms with van der Waals surface area (Å²) in [6, 6.07) is 5.54. The molecule has 0 radical (unpaired) electrons. The van der Waals surface area contributed by atoms with Crippen LogP contribution in [0.3, 0.4) is 0 Å². The van der Waals surface area contributed by atoms with Gasteiger partial charge in [0.25, 0.3) is 0 Å². The first kappa shape index (κ1) is 17.1. The molecule has 0 aliphatic heterocycles. The average Bonchev–Trinajstić information content (AvgIpc) is 2.88. The molecule has 1 heterocycles. The van der Waals surface area contributed by atoms with Gasteiger partial charge < -0.3 is 14.6 Å². The van der Waals surface area contributed by atoms with Crippen molar-refractivity contribution in [3.05, 3.63) is 42.2 Å². The molecule has 2 aromatic rings. The zero-order valence-corrected chi connectivity index (χ0v) is 14.3. The van der Waals surface area contributed by atoms with E-state index in [4.69, 9.17) is 4.74 Å². The molecule has 0 spiro atoms. The highest BCUT2D eigenvalue weighted by molar-refractivity contribution is 7.99. The van der Waals surface area contributed by atoms with Crippen LogP contribution >= 0.6 is 11.8 Å². The third-order valence-electron chi connectivity index (χ3n) is 3.25. The quantitative estimate of drug-likeness (QED) is 0.624. The third kappa shape index (κ3) is 4.35. The van der Waals surface area contributed by atoms with Crippen LogP contribution in [0.1, 0.15) is 11.4 Å². The van der Waals surface area contributed by atoms with Gasteiger partial charge in [0.1, 0.15) is 11.6 Å². The van der Waals surface area contributed by atoms with Gasteiger partial charge in [0, 0.05) is 12.2 Å². The molecule has 1 aromatic carbocycles. The van der Waals surface area contributed by atoms with Crippen molar-refractivity contribution >= 4 is 23.4 Å². The molecule has 1 aromatic heterocycles. The molecule has 1 N–H and O–H groups in total. The smallest absolute Gasteiger partial charge is 0.234 e. The van der Waals surface area contributed by atoms with E-state index in [2.05, 4.69) is 22.1 Å². The number of aromatic nitrogens is 3. The first-order valence-corrected chi connectivity index (χ1v) is 8.11. The molecule has 23 heavy (non-hydrogen) atoms. The van der Waals surface area contributed by atoms with Crippen LogP contribution in [0.4, 0.5) is 5.69 Å². The Hall–Kier alpha value is -2.28. The maximum atomic E-state index is 12.1. The fraction of sp³-hybridized carbons (Fsp3) is 0.312. The van der Waals surface area contributed by atoms with E-state index in [1.807, 2.05) is 36.6 Å². The number of nitrogens with zero attached hydrogens (tertiary/aromatic N) is 3. The number of rotatable bonds is 7. The van der Waals surface area contributed by atoms with Crippen molar-refractivity contribution in [2.75, 3.05) is 18.2 Å². The fourth-order valence-electron chi connectivity index (χ4n) is 2.03. The predicted molar refractivity (Wildman–Crippen MR) is 92.0 cm³/mol. The summed E-state index contributed by atoms with van der Waals surface area (Å²) in [5.74, 6) is 1.75. The number of nitrogens with one attached hydrogen (secondary N) is 1. The Morgan fingerprint density at radius 1 is 1.43 bits per heavy atom. The average molecular weight is 332 g/mol. The van der Waals surface area contributed by atoms with Gasteiger partial charge in [0.2, 0.25) is 5.91 Å². The van der Waals surface area contributed by atoms with Crippen molar-refractivity contribution in [2.45, 2.75) is 25.5 Å². The van der Waals surface area contributed by atoms with Crippen LogP contribution in [0.2, 0.25) is 0 Å². The number of hydrogen-bond donors (Lipinski definition) is 1. The molecule has 6 nitrogen and oxygen atoms in total. The topological polar surface area (TPSA) is 69.0 Å². The molecule has 0 aliphatic rings. The molecule has 7 heteroatoms. The number of thioether (sulfide) groups is 1. The maximum absolute atomic E-state index is 12.1. The molecule has 0 fully saturated rings. The molecule has 1 amide bonds. The Morgan fingerprint density at radius 2 is 2.22 bits per heavy atom. The van der Waals surface area contributed by atoms with Crippen molar-refractivity contribution in [2.24, 2.45) is 0 Å². The summed E-state index contributed by atoms with van der Waals surface area (Å²) in [4.78, 5) is 12.1. The molecule has 2 rings (SSSR count). The SMILES string of the molecule is C=CCn1c(C)nnc1SCC(=O)Nc1ccc(OC)cc1C. The second-order valence-corrected chi connectivity index (χ2v) is 5.89. The van der Waals surface area contributed by atoms with E-state index < -0.39 is 0 Å². The number of methoxy groups -OCH3 is 1. The number of aryl methyl sites for hydroxylation is 2. The number of carbonyl (C=O) groups excluding carboxylic acids is 1. The van der Waals surface area contributed by atoms with Gasteiger partial charge in [-0.1, -0.05) is 17.8 Å². The van der Waals surface area contributed by atoms with Gasteiger partial charge in [0.15, 0.2) is 5.16 Å². The summed E-state index contributed by atoms with van der Waals surface area (Å²) in [6.07, 6.45) is 1.78. The van der Waals surface area contributed by atoms with E-state index in [9.17, 15) is 4.79 Å². The maximum Gasteiger partial charge on any atom is 0.234 e. The van der Waals surface area contributed by atoms with Gasteiger partial charge >= 0.3 is 0 Å². The Labute approximate surface area is 139 Å². The summed E-state index contributed by atoms with van der Waals surface area (Å²) in [5, 5.41) is 11.7. The Balaban J connectivity index is 1.97. The van der Waals surface area contributed by atoms with Crippen LogP contribution in [0.15, 0.2) is 36.0 Å². The lowest BCUT2D eigenvalue weighted by Crippen LogP contribution is -2.15. The van der Waals surface area contributed by atoms with Gasteiger partial charge in [-0.2, -0.15) is 0 Å². The minimum atomic E-state index is -0.0888. The summed E-state index contributed by atoms with van der Waals surface area (Å²) in [5.41, 5.74) is 1.73. The van der Waals surface area contributed by atoms with Gasteiger partial charge in [-0.15, -0.1) is 16.8 Å². The van der Waals surface area contributed by atoms with Crippen LogP contribution in [-0.4, -0.2) is 33.5 Å². The van der Waals surface area contributed by atoms with Crippen molar-refractivity contribution in [3.8, 4) is 5.75 Å². The highest BCUT2D eigenvalue weighted by atomic mass is 32.2. The first-order valence-electron chi connectivity index (χ1n) is 7.13. The van der Waals surface area contributed by atoms with E-state index in [0.29, 0.717) is 11.7 Å². The molecule has 0 saturated carbocycles. The monoisotopic (exact) mass is 332 g/mol. The standard InChI is InChI=1S/C16H20N4O2S/c1-5-8-20-12(3)18-19-16(20)23-10-15(21)17-14-7-6-13(22-4)9-11(14)2/h5-7,9H,1,8,10H2,2-4H3,(H,17,21). The lowest BCUT2D eigenvalue weighted by atomic mass is 10.2. The molecule has 0 saturated heterocycles. The molecular weight excluding hydrogens is 312 g/mol. The fourth-order valence-corrected chi connectivity index (χ4v) is 2.82. The van der Waals surface area contributed by atoms with Crippen LogP contribution < -0.4 is 10.1 Å². The molecule has 0 bridgehead atoms. The zero-order chi connectivity index (χ0) is 16.8. The minimum Gasteiger partial charge on any atom is -0.497 e. The normalized spacial score (nSPS) is 10.4. The van der Waals surface area contributed by atoms with E-state index in [1.54, 1.807) is 13.2 Å². The molecule has 0 unspecified atom stereocenters. The number of ether oxygens (including phenoxy) is 1. The zero-order valence-electron chi connectivity index (χ0n) is 13.5. The minimum absolute atomic E-state index is 0.0888. The van der Waals surface area contributed by atoms with Gasteiger partial charge in [-0.25, -0.2) is 0 Å². The van der Waals surface area contributed by atoms with Gasteiger partial charge in [-0.05, 0) is 37.6 Å². The van der Waals surface area contributed by atoms with Crippen molar-refractivity contribution < 1.29 is 9.53 Å². The first-order chi connectivity index (χ1) is 11.0. The van der Waals surface area contributed by atoms with Crippen molar-refractivity contribution in [1.82, 2.24) is 14.8 Å². The molecule has 0 aliphatic carbocycles. The lowest BCUT2D eigenvalue weighted by molar-refractivity contribution is -0.113. The number of hydrogen-bond acceptors (Lipinski definition) is 5. The Kier molecular flexibility index (Phi) is 5.81. The summed E-state index contributed by atoms with van der Waals surface area (Å²) in [7, 11) is 1.62. The van der Waals surface area contributed by atoms with Gasteiger partial charge in [-0.3, -0.25) is 4.79 Å². The number of benzene rings is 1. The number of anilines is 1. The third-order valence-corrected chi connectivity index (χ3v) is 4.22. The van der Waals surface area contributed by atoms with Gasteiger partial charge in [0.05, 0.1) is 12.9 Å². The van der Waals surface area contributed by atoms with E-state index >= 15 is 0 Å². The number of carbonyl (C=O) groups is 1. The molecule has 0 atom stereocenters. The second-order valence-electron chi connectivity index (χ2n) is 4.95. The molecular formula is C16H20N4O2S. The Bertz CT molecular complexity index is 712. The van der Waals surface area contributed by atoms with E-state index in [1.165, 1.54) is 11.8 Å². The largest absolute Gasteiger partial charge is 0.497 e. The number of allylic oxidation sites excluding steroid dienone is 1. The van der Waals surface area contributed by atoms with Crippen LogP contribution in [-0.2, 0) is 11.3 Å². The highest BCUT2D eigenvalue weighted by Gasteiger charge is 2.11. The lowest BCUT2D eigenvalue weighted by Gasteiger charge is -2.10. The van der Waals surface area contributed by atoms with Crippen LogP contribution in [0, 0.1) is 13.8 Å². The van der Waals surface area contributed by atoms with Crippen LogP contribution in [0.25, 0.3) is 0 Å². The summed E-state index contributed by atoms with van der Waals surface area (Å²) in [6.45, 7) is 8.15. The highest BCUT2D eigenvalue weighted by Crippen LogP contribution is 2.22.